The van der Waals surface area contributed by atoms with Crippen LogP contribution in [-0.4, -0.2) is 42.1 Å². The number of hydrogen-bond donors (Lipinski definition) is 1. The van der Waals surface area contributed by atoms with E-state index in [4.69, 9.17) is 15.2 Å². The molecule has 2 aliphatic rings. The summed E-state index contributed by atoms with van der Waals surface area (Å²) in [4.78, 5) is 14.7. The summed E-state index contributed by atoms with van der Waals surface area (Å²) in [6, 6.07) is 3.90. The van der Waals surface area contributed by atoms with E-state index in [1.165, 1.54) is 0 Å². The highest BCUT2D eigenvalue weighted by Crippen LogP contribution is 2.36. The summed E-state index contributed by atoms with van der Waals surface area (Å²) in [5, 5.41) is 0. The number of nitrogens with two attached hydrogens (primary N) is 1. The number of carbonyl (C=O) groups is 1. The number of aryl methyl sites for hydroxylation is 1. The topological polar surface area (TPSA) is 64.8 Å². The molecule has 5 heteroatoms. The normalized spacial score (nSPS) is 24.4. The summed E-state index contributed by atoms with van der Waals surface area (Å²) in [5.41, 5.74) is 7.55. The Morgan fingerprint density at radius 2 is 2.19 bits per heavy atom. The SMILES string of the molecule is Cc1cc2c(c(OC(C)C)c1)C(=O)N1C[C@@H](N)C[C@@H]1CO2. The number of fused-ring (bicyclic) bond motifs is 2. The molecular formula is C16H22N2O3. The van der Waals surface area contributed by atoms with Crippen LogP contribution in [0.25, 0.3) is 0 Å². The van der Waals surface area contributed by atoms with E-state index in [9.17, 15) is 4.79 Å². The molecule has 3 rings (SSSR count). The van der Waals surface area contributed by atoms with Gasteiger partial charge >= 0.3 is 0 Å². The maximum atomic E-state index is 12.9. The molecule has 0 aliphatic carbocycles. The number of benzene rings is 1. The summed E-state index contributed by atoms with van der Waals surface area (Å²) in [7, 11) is 0. The van der Waals surface area contributed by atoms with Gasteiger partial charge in [-0.15, -0.1) is 0 Å². The molecule has 2 heterocycles. The molecule has 0 radical (unpaired) electrons. The van der Waals surface area contributed by atoms with Crippen molar-refractivity contribution in [3.8, 4) is 11.5 Å². The van der Waals surface area contributed by atoms with Gasteiger partial charge in [-0.25, -0.2) is 0 Å². The van der Waals surface area contributed by atoms with E-state index in [-0.39, 0.29) is 24.1 Å². The zero-order valence-electron chi connectivity index (χ0n) is 12.8. The fourth-order valence-corrected chi connectivity index (χ4v) is 3.08. The van der Waals surface area contributed by atoms with Gasteiger partial charge in [0.2, 0.25) is 0 Å². The van der Waals surface area contributed by atoms with Gasteiger partial charge < -0.3 is 20.1 Å². The van der Waals surface area contributed by atoms with Crippen LogP contribution >= 0.6 is 0 Å². The Hall–Kier alpha value is -1.75. The molecular weight excluding hydrogens is 268 g/mol. The first-order valence-corrected chi connectivity index (χ1v) is 7.46. The summed E-state index contributed by atoms with van der Waals surface area (Å²) in [5.74, 6) is 1.20. The van der Waals surface area contributed by atoms with E-state index < -0.39 is 0 Å². The maximum absolute atomic E-state index is 12.9. The molecule has 1 saturated heterocycles. The van der Waals surface area contributed by atoms with E-state index in [1.807, 2.05) is 37.8 Å². The minimum atomic E-state index is -0.0314. The number of hydrogen-bond acceptors (Lipinski definition) is 4. The molecule has 1 amide bonds. The van der Waals surface area contributed by atoms with Crippen LogP contribution in [0.3, 0.4) is 0 Å². The predicted molar refractivity (Wildman–Crippen MR) is 79.9 cm³/mol. The van der Waals surface area contributed by atoms with E-state index in [0.717, 1.165) is 12.0 Å². The van der Waals surface area contributed by atoms with Gasteiger partial charge in [-0.3, -0.25) is 4.79 Å². The largest absolute Gasteiger partial charge is 0.490 e. The van der Waals surface area contributed by atoms with Crippen LogP contribution in [0.4, 0.5) is 0 Å². The molecule has 5 nitrogen and oxygen atoms in total. The van der Waals surface area contributed by atoms with Crippen LogP contribution in [0.15, 0.2) is 12.1 Å². The highest BCUT2D eigenvalue weighted by molar-refractivity contribution is 6.00. The molecule has 21 heavy (non-hydrogen) atoms. The number of nitrogens with zero attached hydrogens (tertiary/aromatic N) is 1. The lowest BCUT2D eigenvalue weighted by Crippen LogP contribution is -2.37. The molecule has 2 atom stereocenters. The molecule has 0 bridgehead atoms. The van der Waals surface area contributed by atoms with Crippen molar-refractivity contribution in [1.29, 1.82) is 0 Å². The Labute approximate surface area is 125 Å². The monoisotopic (exact) mass is 290 g/mol. The molecule has 2 N–H and O–H groups in total. The van der Waals surface area contributed by atoms with Crippen LogP contribution < -0.4 is 15.2 Å². The van der Waals surface area contributed by atoms with Crippen molar-refractivity contribution in [2.45, 2.75) is 45.4 Å². The van der Waals surface area contributed by atoms with Crippen molar-refractivity contribution >= 4 is 5.91 Å². The van der Waals surface area contributed by atoms with E-state index in [0.29, 0.717) is 30.2 Å². The molecule has 1 aromatic carbocycles. The number of ether oxygens (including phenoxy) is 2. The molecule has 0 saturated carbocycles. The molecule has 114 valence electrons. The smallest absolute Gasteiger partial charge is 0.261 e. The van der Waals surface area contributed by atoms with Crippen LogP contribution in [0.1, 0.15) is 36.2 Å². The van der Waals surface area contributed by atoms with Gasteiger partial charge in [0.15, 0.2) is 0 Å². The minimum absolute atomic E-state index is 0.00332. The number of carbonyl (C=O) groups excluding carboxylic acids is 1. The Kier molecular flexibility index (Phi) is 3.53. The third kappa shape index (κ3) is 2.58. The van der Waals surface area contributed by atoms with Gasteiger partial charge in [0.1, 0.15) is 23.7 Å². The summed E-state index contributed by atoms with van der Waals surface area (Å²) in [6.45, 7) is 6.96. The highest BCUT2D eigenvalue weighted by atomic mass is 16.5. The first kappa shape index (κ1) is 14.2. The van der Waals surface area contributed by atoms with Crippen molar-refractivity contribution in [2.75, 3.05) is 13.2 Å². The van der Waals surface area contributed by atoms with Crippen molar-refractivity contribution in [1.82, 2.24) is 4.90 Å². The van der Waals surface area contributed by atoms with Crippen LogP contribution in [-0.2, 0) is 0 Å². The fraction of sp³-hybridized carbons (Fsp3) is 0.562. The summed E-state index contributed by atoms with van der Waals surface area (Å²) < 4.78 is 11.7. The average Bonchev–Trinajstić information content (AvgIpc) is 2.70. The van der Waals surface area contributed by atoms with Crippen LogP contribution in [0, 0.1) is 6.92 Å². The quantitative estimate of drug-likeness (QED) is 0.900. The average molecular weight is 290 g/mol. The van der Waals surface area contributed by atoms with E-state index >= 15 is 0 Å². The Bertz CT molecular complexity index is 571. The van der Waals surface area contributed by atoms with Gasteiger partial charge in [-0.1, -0.05) is 0 Å². The van der Waals surface area contributed by atoms with E-state index in [2.05, 4.69) is 0 Å². The summed E-state index contributed by atoms with van der Waals surface area (Å²) >= 11 is 0. The van der Waals surface area contributed by atoms with Crippen molar-refractivity contribution in [3.05, 3.63) is 23.3 Å². The second-order valence-electron chi connectivity index (χ2n) is 6.22. The van der Waals surface area contributed by atoms with Crippen molar-refractivity contribution in [3.63, 3.8) is 0 Å². The minimum Gasteiger partial charge on any atom is -0.490 e. The zero-order valence-corrected chi connectivity index (χ0v) is 12.8. The zero-order chi connectivity index (χ0) is 15.1. The van der Waals surface area contributed by atoms with Gasteiger partial charge in [-0.05, 0) is 44.9 Å². The van der Waals surface area contributed by atoms with Gasteiger partial charge in [-0.2, -0.15) is 0 Å². The first-order chi connectivity index (χ1) is 9.95. The standard InChI is InChI=1S/C16H22N2O3/c1-9(2)21-14-5-10(3)4-13-15(14)16(19)18-7-11(17)6-12(18)8-20-13/h4-5,9,11-12H,6-8,17H2,1-3H3/t11-,12+/m0/s1. The third-order valence-electron chi connectivity index (χ3n) is 3.93. The number of amides is 1. The summed E-state index contributed by atoms with van der Waals surface area (Å²) in [6.07, 6.45) is 0.794. The molecule has 2 aliphatic heterocycles. The Balaban J connectivity index is 2.05. The number of rotatable bonds is 2. The van der Waals surface area contributed by atoms with Crippen LogP contribution in [0.2, 0.25) is 0 Å². The molecule has 1 fully saturated rings. The lowest BCUT2D eigenvalue weighted by Gasteiger charge is -2.21. The van der Waals surface area contributed by atoms with Crippen molar-refractivity contribution < 1.29 is 14.3 Å². The lowest BCUT2D eigenvalue weighted by molar-refractivity contribution is 0.0721. The Morgan fingerprint density at radius 1 is 1.43 bits per heavy atom. The highest BCUT2D eigenvalue weighted by Gasteiger charge is 2.39. The molecule has 1 aromatic rings. The van der Waals surface area contributed by atoms with Gasteiger partial charge in [0.25, 0.3) is 5.91 Å². The predicted octanol–water partition coefficient (Wildman–Crippen LogP) is 1.72. The molecule has 0 unspecified atom stereocenters. The lowest BCUT2D eigenvalue weighted by atomic mass is 10.1. The maximum Gasteiger partial charge on any atom is 0.261 e. The van der Waals surface area contributed by atoms with E-state index in [1.54, 1.807) is 0 Å². The molecule has 0 spiro atoms. The second-order valence-corrected chi connectivity index (χ2v) is 6.22. The Morgan fingerprint density at radius 3 is 2.90 bits per heavy atom. The molecule has 0 aromatic heterocycles. The van der Waals surface area contributed by atoms with Crippen LogP contribution in [0.5, 0.6) is 11.5 Å². The van der Waals surface area contributed by atoms with Gasteiger partial charge in [0.05, 0.1) is 12.1 Å². The van der Waals surface area contributed by atoms with Crippen molar-refractivity contribution in [2.24, 2.45) is 5.73 Å². The fourth-order valence-electron chi connectivity index (χ4n) is 3.08. The first-order valence-electron chi connectivity index (χ1n) is 7.46. The third-order valence-corrected chi connectivity index (χ3v) is 3.93. The second kappa shape index (κ2) is 5.22. The van der Waals surface area contributed by atoms with Gasteiger partial charge in [0, 0.05) is 12.6 Å².